The summed E-state index contributed by atoms with van der Waals surface area (Å²) in [5.74, 6) is 0.115. The lowest BCUT2D eigenvalue weighted by atomic mass is 10.0. The maximum Gasteiger partial charge on any atom is 0.408 e. The third-order valence-electron chi connectivity index (χ3n) is 2.10. The number of nitrogens with one attached hydrogen (secondary N) is 1. The molecule has 1 heterocycles. The van der Waals surface area contributed by atoms with Crippen molar-refractivity contribution in [3.05, 3.63) is 17.5 Å². The van der Waals surface area contributed by atoms with Gasteiger partial charge in [-0.3, -0.25) is 4.79 Å². The van der Waals surface area contributed by atoms with Gasteiger partial charge in [0.25, 0.3) is 0 Å². The quantitative estimate of drug-likeness (QED) is 0.836. The summed E-state index contributed by atoms with van der Waals surface area (Å²) in [6.45, 7) is 8.81. The number of alkyl carbamates (subject to hydrolysis) is 1. The number of carbonyl (C=O) groups is 2. The van der Waals surface area contributed by atoms with Gasteiger partial charge in [0.2, 0.25) is 0 Å². The molecule has 0 saturated carbocycles. The summed E-state index contributed by atoms with van der Waals surface area (Å²) in [5, 5.41) is 6.40. The Kier molecular flexibility index (Phi) is 3.79. The van der Waals surface area contributed by atoms with E-state index in [4.69, 9.17) is 9.26 Å². The lowest BCUT2D eigenvalue weighted by Gasteiger charge is -2.26. The second-order valence-electron chi connectivity index (χ2n) is 5.48. The van der Waals surface area contributed by atoms with Gasteiger partial charge in [0.05, 0.1) is 5.54 Å². The molecule has 100 valence electrons. The van der Waals surface area contributed by atoms with E-state index in [0.29, 0.717) is 12.0 Å². The van der Waals surface area contributed by atoms with Crippen LogP contribution in [-0.2, 0) is 10.3 Å². The fourth-order valence-corrected chi connectivity index (χ4v) is 1.26. The van der Waals surface area contributed by atoms with Crippen LogP contribution in [0.1, 0.15) is 50.9 Å². The van der Waals surface area contributed by atoms with Crippen molar-refractivity contribution < 1.29 is 18.8 Å². The van der Waals surface area contributed by atoms with Crippen LogP contribution in [0.25, 0.3) is 0 Å². The first-order chi connectivity index (χ1) is 8.14. The average Bonchev–Trinajstić information content (AvgIpc) is 2.61. The van der Waals surface area contributed by atoms with Gasteiger partial charge in [0.15, 0.2) is 12.0 Å². The normalized spacial score (nSPS) is 12.1. The summed E-state index contributed by atoms with van der Waals surface area (Å²) in [6, 6.07) is 1.48. The number of aromatic nitrogens is 1. The molecule has 0 saturated heterocycles. The van der Waals surface area contributed by atoms with Crippen LogP contribution in [0.2, 0.25) is 0 Å². The molecule has 6 heteroatoms. The number of amides is 1. The van der Waals surface area contributed by atoms with E-state index in [9.17, 15) is 9.59 Å². The Bertz CT molecular complexity index is 443. The molecule has 0 aliphatic rings. The SMILES string of the molecule is CC(C)(C)OC(=O)NC(C)(C)c1cc(C=O)on1. The van der Waals surface area contributed by atoms with E-state index in [1.54, 1.807) is 34.6 Å². The Morgan fingerprint density at radius 3 is 2.44 bits per heavy atom. The summed E-state index contributed by atoms with van der Waals surface area (Å²) >= 11 is 0. The van der Waals surface area contributed by atoms with Crippen LogP contribution in [0.15, 0.2) is 10.6 Å². The third kappa shape index (κ3) is 3.87. The van der Waals surface area contributed by atoms with Gasteiger partial charge in [0, 0.05) is 6.07 Å². The molecule has 6 nitrogen and oxygen atoms in total. The number of hydrogen-bond acceptors (Lipinski definition) is 5. The zero-order valence-corrected chi connectivity index (χ0v) is 11.2. The van der Waals surface area contributed by atoms with E-state index < -0.39 is 17.2 Å². The number of ether oxygens (including phenoxy) is 1. The summed E-state index contributed by atoms with van der Waals surface area (Å²) in [5.41, 5.74) is -0.902. The number of nitrogens with zero attached hydrogens (tertiary/aromatic N) is 1. The predicted molar refractivity (Wildman–Crippen MR) is 64.3 cm³/mol. The van der Waals surface area contributed by atoms with Crippen molar-refractivity contribution in [3.63, 3.8) is 0 Å². The van der Waals surface area contributed by atoms with Crippen LogP contribution in [-0.4, -0.2) is 23.1 Å². The molecule has 1 aromatic heterocycles. The van der Waals surface area contributed by atoms with Crippen molar-refractivity contribution in [2.24, 2.45) is 0 Å². The largest absolute Gasteiger partial charge is 0.444 e. The second kappa shape index (κ2) is 4.80. The first kappa shape index (κ1) is 14.2. The molecule has 0 aliphatic carbocycles. The number of rotatable bonds is 3. The van der Waals surface area contributed by atoms with Crippen molar-refractivity contribution >= 4 is 12.4 Å². The smallest absolute Gasteiger partial charge is 0.408 e. The van der Waals surface area contributed by atoms with E-state index in [2.05, 4.69) is 10.5 Å². The number of aldehydes is 1. The van der Waals surface area contributed by atoms with Crippen LogP contribution in [0.3, 0.4) is 0 Å². The first-order valence-corrected chi connectivity index (χ1v) is 5.57. The molecule has 1 aromatic rings. The lowest BCUT2D eigenvalue weighted by molar-refractivity contribution is 0.0466. The first-order valence-electron chi connectivity index (χ1n) is 5.57. The minimum atomic E-state index is -0.785. The van der Waals surface area contributed by atoms with E-state index >= 15 is 0 Å². The van der Waals surface area contributed by atoms with Gasteiger partial charge >= 0.3 is 6.09 Å². The fourth-order valence-electron chi connectivity index (χ4n) is 1.26. The Hall–Kier alpha value is -1.85. The summed E-state index contributed by atoms with van der Waals surface area (Å²) < 4.78 is 9.92. The molecule has 0 spiro atoms. The molecule has 0 fully saturated rings. The molecule has 0 aliphatic heterocycles. The molecule has 0 bridgehead atoms. The summed E-state index contributed by atoms with van der Waals surface area (Å²) in [7, 11) is 0. The zero-order valence-electron chi connectivity index (χ0n) is 11.2. The highest BCUT2D eigenvalue weighted by Gasteiger charge is 2.29. The number of carbonyl (C=O) groups excluding carboxylic acids is 2. The lowest BCUT2D eigenvalue weighted by Crippen LogP contribution is -2.44. The molecule has 0 aromatic carbocycles. The highest BCUT2D eigenvalue weighted by atomic mass is 16.6. The molecular weight excluding hydrogens is 236 g/mol. The van der Waals surface area contributed by atoms with E-state index in [1.807, 2.05) is 0 Å². The molecule has 1 rings (SSSR count). The molecule has 0 radical (unpaired) electrons. The van der Waals surface area contributed by atoms with Crippen LogP contribution >= 0.6 is 0 Å². The van der Waals surface area contributed by atoms with Crippen molar-refractivity contribution in [2.75, 3.05) is 0 Å². The average molecular weight is 254 g/mol. The van der Waals surface area contributed by atoms with Gasteiger partial charge < -0.3 is 14.6 Å². The van der Waals surface area contributed by atoms with Gasteiger partial charge in [-0.2, -0.15) is 0 Å². The van der Waals surface area contributed by atoms with Gasteiger partial charge in [0.1, 0.15) is 11.3 Å². The monoisotopic (exact) mass is 254 g/mol. The second-order valence-corrected chi connectivity index (χ2v) is 5.48. The molecular formula is C12H18N2O4. The van der Waals surface area contributed by atoms with E-state index in [0.717, 1.165) is 0 Å². The fraction of sp³-hybridized carbons (Fsp3) is 0.583. The van der Waals surface area contributed by atoms with Crippen LogP contribution < -0.4 is 5.32 Å². The Morgan fingerprint density at radius 2 is 2.00 bits per heavy atom. The molecule has 0 unspecified atom stereocenters. The van der Waals surface area contributed by atoms with Crippen molar-refractivity contribution in [1.29, 1.82) is 0 Å². The minimum Gasteiger partial charge on any atom is -0.444 e. The molecule has 1 N–H and O–H groups in total. The maximum atomic E-state index is 11.7. The Balaban J connectivity index is 2.75. The highest BCUT2D eigenvalue weighted by molar-refractivity contribution is 5.71. The molecule has 0 atom stereocenters. The molecule has 18 heavy (non-hydrogen) atoms. The highest BCUT2D eigenvalue weighted by Crippen LogP contribution is 2.20. The predicted octanol–water partition coefficient (Wildman–Crippen LogP) is 2.25. The topological polar surface area (TPSA) is 81.4 Å². The van der Waals surface area contributed by atoms with Crippen LogP contribution in [0, 0.1) is 0 Å². The Labute approximate surface area is 106 Å². The van der Waals surface area contributed by atoms with Crippen molar-refractivity contribution in [2.45, 2.75) is 45.8 Å². The number of hydrogen-bond donors (Lipinski definition) is 1. The zero-order chi connectivity index (χ0) is 14.0. The third-order valence-corrected chi connectivity index (χ3v) is 2.10. The summed E-state index contributed by atoms with van der Waals surface area (Å²) in [4.78, 5) is 22.2. The van der Waals surface area contributed by atoms with Gasteiger partial charge in [-0.05, 0) is 34.6 Å². The van der Waals surface area contributed by atoms with Gasteiger partial charge in [-0.25, -0.2) is 4.79 Å². The summed E-state index contributed by atoms with van der Waals surface area (Å²) in [6.07, 6.45) is 0.00297. The van der Waals surface area contributed by atoms with E-state index in [1.165, 1.54) is 6.07 Å². The van der Waals surface area contributed by atoms with Gasteiger partial charge in [-0.1, -0.05) is 5.16 Å². The molecule has 1 amide bonds. The Morgan fingerprint density at radius 1 is 1.39 bits per heavy atom. The van der Waals surface area contributed by atoms with Gasteiger partial charge in [-0.15, -0.1) is 0 Å². The van der Waals surface area contributed by atoms with Crippen molar-refractivity contribution in [3.8, 4) is 0 Å². The van der Waals surface area contributed by atoms with Crippen molar-refractivity contribution in [1.82, 2.24) is 10.5 Å². The standard InChI is InChI=1S/C12H18N2O4/c1-11(2,3)17-10(16)13-12(4,5)9-6-8(7-15)18-14-9/h6-7H,1-5H3,(H,13,16). The maximum absolute atomic E-state index is 11.7. The minimum absolute atomic E-state index is 0.115. The van der Waals surface area contributed by atoms with Crippen LogP contribution in [0.4, 0.5) is 4.79 Å². The van der Waals surface area contributed by atoms with E-state index in [-0.39, 0.29) is 5.76 Å². The van der Waals surface area contributed by atoms with Crippen LogP contribution in [0.5, 0.6) is 0 Å².